The molecule has 0 unspecified atom stereocenters. The van der Waals surface area contributed by atoms with Crippen molar-refractivity contribution in [3.63, 3.8) is 0 Å². The minimum absolute atomic E-state index is 0.0294. The second kappa shape index (κ2) is 9.17. The van der Waals surface area contributed by atoms with Gasteiger partial charge in [-0.2, -0.15) is 0 Å². The first-order chi connectivity index (χ1) is 14.6. The van der Waals surface area contributed by atoms with Gasteiger partial charge >= 0.3 is 5.97 Å². The fraction of sp³-hybridized carbons (Fsp3) is 0.304. The summed E-state index contributed by atoms with van der Waals surface area (Å²) in [4.78, 5) is 35.1. The molecular weight excluding hydrogens is 398 g/mol. The van der Waals surface area contributed by atoms with Crippen LogP contribution in [0.2, 0.25) is 0 Å². The molecule has 0 saturated heterocycles. The number of aryl methyl sites for hydroxylation is 1. The number of benzene rings is 1. The third-order valence-electron chi connectivity index (χ3n) is 5.34. The quantitative estimate of drug-likeness (QED) is 0.566. The smallest absolute Gasteiger partial charge is 0.312 e. The maximum atomic E-state index is 12.6. The van der Waals surface area contributed by atoms with Crippen molar-refractivity contribution in [3.05, 3.63) is 71.0 Å². The molecule has 0 saturated carbocycles. The normalized spacial score (nSPS) is 15.3. The van der Waals surface area contributed by atoms with Crippen molar-refractivity contribution in [2.24, 2.45) is 0 Å². The van der Waals surface area contributed by atoms with Crippen molar-refractivity contribution in [1.29, 1.82) is 0 Å². The number of carbonyl (C=O) groups excluding carboxylic acids is 2. The fourth-order valence-corrected chi connectivity index (χ4v) is 4.57. The number of nitrogens with zero attached hydrogens (tertiary/aromatic N) is 3. The van der Waals surface area contributed by atoms with E-state index >= 15 is 0 Å². The second-order valence-corrected chi connectivity index (χ2v) is 8.19. The van der Waals surface area contributed by atoms with Gasteiger partial charge in [0.2, 0.25) is 0 Å². The van der Waals surface area contributed by atoms with Crippen LogP contribution in [0, 0.1) is 0 Å². The Morgan fingerprint density at radius 3 is 2.93 bits per heavy atom. The number of ether oxygens (including phenoxy) is 1. The van der Waals surface area contributed by atoms with Crippen LogP contribution in [0.3, 0.4) is 0 Å². The van der Waals surface area contributed by atoms with Crippen molar-refractivity contribution < 1.29 is 14.3 Å². The Balaban J connectivity index is 1.31. The lowest BCUT2D eigenvalue weighted by atomic mass is 9.87. The summed E-state index contributed by atoms with van der Waals surface area (Å²) in [7, 11) is 1.78. The summed E-state index contributed by atoms with van der Waals surface area (Å²) in [6, 6.07) is 12.0. The van der Waals surface area contributed by atoms with E-state index in [1.807, 2.05) is 29.6 Å². The highest BCUT2D eigenvalue weighted by Crippen LogP contribution is 2.33. The molecule has 154 valence electrons. The number of rotatable bonds is 6. The van der Waals surface area contributed by atoms with E-state index in [0.717, 1.165) is 29.8 Å². The molecule has 3 aromatic rings. The van der Waals surface area contributed by atoms with Gasteiger partial charge in [0.15, 0.2) is 6.61 Å². The summed E-state index contributed by atoms with van der Waals surface area (Å²) in [5.41, 5.74) is 4.02. The maximum Gasteiger partial charge on any atom is 0.312 e. The summed E-state index contributed by atoms with van der Waals surface area (Å²) in [6.07, 6.45) is 6.48. The number of esters is 1. The average molecular weight is 422 g/mol. The Bertz CT molecular complexity index is 1030. The molecule has 0 fully saturated rings. The minimum Gasteiger partial charge on any atom is -0.455 e. The van der Waals surface area contributed by atoms with Gasteiger partial charge in [-0.15, -0.1) is 11.3 Å². The molecule has 0 aliphatic heterocycles. The molecule has 1 aliphatic rings. The molecule has 7 heteroatoms. The molecule has 0 radical (unpaired) electrons. The highest BCUT2D eigenvalue weighted by atomic mass is 32.1. The lowest BCUT2D eigenvalue weighted by molar-refractivity contribution is -0.152. The van der Waals surface area contributed by atoms with Crippen LogP contribution in [0.4, 0.5) is 0 Å². The Hall–Kier alpha value is -3.06. The molecule has 2 heterocycles. The number of aromatic nitrogens is 2. The van der Waals surface area contributed by atoms with Crippen molar-refractivity contribution in [3.8, 4) is 10.6 Å². The predicted molar refractivity (Wildman–Crippen MR) is 115 cm³/mol. The third-order valence-corrected chi connectivity index (χ3v) is 6.28. The summed E-state index contributed by atoms with van der Waals surface area (Å²) >= 11 is 1.45. The van der Waals surface area contributed by atoms with Gasteiger partial charge in [0.1, 0.15) is 5.01 Å². The highest BCUT2D eigenvalue weighted by Gasteiger charge is 2.27. The van der Waals surface area contributed by atoms with Crippen LogP contribution in [-0.4, -0.2) is 40.4 Å². The summed E-state index contributed by atoms with van der Waals surface area (Å²) in [5, 5.41) is 2.63. The number of thiazole rings is 1. The molecule has 30 heavy (non-hydrogen) atoms. The van der Waals surface area contributed by atoms with E-state index < -0.39 is 5.97 Å². The maximum absolute atomic E-state index is 12.6. The molecule has 6 nitrogen and oxygen atoms in total. The fourth-order valence-electron chi connectivity index (χ4n) is 3.76. The van der Waals surface area contributed by atoms with Gasteiger partial charge in [-0.05, 0) is 42.5 Å². The molecule has 0 bridgehead atoms. The minimum atomic E-state index is -0.455. The zero-order valence-electron chi connectivity index (χ0n) is 16.8. The van der Waals surface area contributed by atoms with E-state index in [0.29, 0.717) is 5.69 Å². The summed E-state index contributed by atoms with van der Waals surface area (Å²) in [5.74, 6) is -0.650. The van der Waals surface area contributed by atoms with E-state index in [4.69, 9.17) is 4.74 Å². The van der Waals surface area contributed by atoms with Crippen LogP contribution in [0.5, 0.6) is 0 Å². The van der Waals surface area contributed by atoms with E-state index in [-0.39, 0.29) is 25.0 Å². The predicted octanol–water partition coefficient (Wildman–Crippen LogP) is 3.83. The van der Waals surface area contributed by atoms with E-state index in [9.17, 15) is 9.59 Å². The van der Waals surface area contributed by atoms with Crippen LogP contribution in [0.15, 0.2) is 54.2 Å². The van der Waals surface area contributed by atoms with Gasteiger partial charge in [0, 0.05) is 30.4 Å². The first kappa shape index (κ1) is 20.2. The van der Waals surface area contributed by atoms with Crippen molar-refractivity contribution in [1.82, 2.24) is 14.9 Å². The molecule has 2 aromatic heterocycles. The first-order valence-electron chi connectivity index (χ1n) is 9.95. The molecule has 1 atom stereocenters. The SMILES string of the molecule is CN(C(=O)COC(=O)Cc1csc(-c2cccnc2)n1)[C@@H]1CCCc2ccccc21. The molecule has 1 amide bonds. The van der Waals surface area contributed by atoms with Crippen LogP contribution < -0.4 is 0 Å². The Kier molecular flexibility index (Phi) is 6.18. The number of hydrogen-bond donors (Lipinski definition) is 0. The van der Waals surface area contributed by atoms with Crippen LogP contribution in [-0.2, 0) is 27.2 Å². The number of pyridine rings is 1. The monoisotopic (exact) mass is 421 g/mol. The largest absolute Gasteiger partial charge is 0.455 e. The van der Waals surface area contributed by atoms with E-state index in [2.05, 4.69) is 22.1 Å². The first-order valence-corrected chi connectivity index (χ1v) is 10.8. The van der Waals surface area contributed by atoms with Gasteiger partial charge < -0.3 is 9.64 Å². The average Bonchev–Trinajstić information content (AvgIpc) is 3.25. The van der Waals surface area contributed by atoms with Crippen LogP contribution in [0.25, 0.3) is 10.6 Å². The van der Waals surface area contributed by atoms with Gasteiger partial charge in [0.25, 0.3) is 5.91 Å². The number of hydrogen-bond acceptors (Lipinski definition) is 6. The zero-order chi connectivity index (χ0) is 20.9. The zero-order valence-corrected chi connectivity index (χ0v) is 17.6. The Morgan fingerprint density at radius 2 is 2.10 bits per heavy atom. The van der Waals surface area contributed by atoms with Crippen LogP contribution >= 0.6 is 11.3 Å². The van der Waals surface area contributed by atoms with Gasteiger partial charge in [-0.3, -0.25) is 14.6 Å². The van der Waals surface area contributed by atoms with Gasteiger partial charge in [-0.1, -0.05) is 24.3 Å². The van der Waals surface area contributed by atoms with Gasteiger partial charge in [0.05, 0.1) is 18.2 Å². The summed E-state index contributed by atoms with van der Waals surface area (Å²) < 4.78 is 5.24. The molecule has 1 aliphatic carbocycles. The summed E-state index contributed by atoms with van der Waals surface area (Å²) in [6.45, 7) is -0.256. The molecular formula is C23H23N3O3S. The molecule has 4 rings (SSSR count). The number of carbonyl (C=O) groups is 2. The van der Waals surface area contributed by atoms with Crippen molar-refractivity contribution in [2.45, 2.75) is 31.7 Å². The van der Waals surface area contributed by atoms with Crippen molar-refractivity contribution in [2.75, 3.05) is 13.7 Å². The molecule has 0 spiro atoms. The lowest BCUT2D eigenvalue weighted by Crippen LogP contribution is -2.36. The number of amides is 1. The van der Waals surface area contributed by atoms with Crippen molar-refractivity contribution >= 4 is 23.2 Å². The van der Waals surface area contributed by atoms with E-state index in [1.165, 1.54) is 22.5 Å². The standard InChI is InChI=1S/C23H23N3O3S/c1-26(20-10-4-7-16-6-2-3-9-19(16)20)21(27)14-29-22(28)12-18-15-30-23(25-18)17-8-5-11-24-13-17/h2-3,5-6,8-9,11,13,15,20H,4,7,10,12,14H2,1H3/t20-/m1/s1. The second-order valence-electron chi connectivity index (χ2n) is 7.33. The lowest BCUT2D eigenvalue weighted by Gasteiger charge is -2.33. The van der Waals surface area contributed by atoms with E-state index in [1.54, 1.807) is 24.3 Å². The highest BCUT2D eigenvalue weighted by molar-refractivity contribution is 7.13. The van der Waals surface area contributed by atoms with Gasteiger partial charge in [-0.25, -0.2) is 4.98 Å². The number of likely N-dealkylation sites (N-methyl/N-ethyl adjacent to an activating group) is 1. The topological polar surface area (TPSA) is 72.4 Å². The number of fused-ring (bicyclic) bond motifs is 1. The third kappa shape index (κ3) is 4.57. The molecule has 0 N–H and O–H groups in total. The molecule has 1 aromatic carbocycles. The Morgan fingerprint density at radius 1 is 1.23 bits per heavy atom. The Labute approximate surface area is 179 Å². The van der Waals surface area contributed by atoms with Crippen LogP contribution in [0.1, 0.15) is 35.7 Å².